The molecule has 2 bridgehead atoms. The molecule has 0 unspecified atom stereocenters. The Morgan fingerprint density at radius 3 is 3.04 bits per heavy atom. The number of aromatic nitrogens is 2. The summed E-state index contributed by atoms with van der Waals surface area (Å²) in [6, 6.07) is 0. The van der Waals surface area contributed by atoms with Gasteiger partial charge in [0.15, 0.2) is 5.82 Å². The summed E-state index contributed by atoms with van der Waals surface area (Å²) < 4.78 is 11.5. The smallest absolute Gasteiger partial charge is 0.236 e. The third-order valence-electron chi connectivity index (χ3n) is 5.73. The van der Waals surface area contributed by atoms with E-state index in [1.807, 2.05) is 4.90 Å². The highest BCUT2D eigenvalue weighted by Crippen LogP contribution is 2.54. The van der Waals surface area contributed by atoms with Crippen LogP contribution in [0.1, 0.15) is 24.6 Å². The average Bonchev–Trinajstić information content (AvgIpc) is 3.28. The molecule has 0 N–H and O–H groups in total. The van der Waals surface area contributed by atoms with Gasteiger partial charge in [-0.3, -0.25) is 4.79 Å². The lowest BCUT2D eigenvalue weighted by Crippen LogP contribution is -2.40. The van der Waals surface area contributed by atoms with Crippen molar-refractivity contribution in [2.45, 2.75) is 37.2 Å². The first-order chi connectivity index (χ1) is 12.0. The molecular formula is C17H26N4O3S. The SMILES string of the molecule is Cc1noc(CSCC(=O)N2C[C@H]3[C@@H](CN(C)C)[C@@H]4CC[C@@]3(C2)O4)n1. The number of aryl methyl sites for hydroxylation is 1. The van der Waals surface area contributed by atoms with Crippen LogP contribution in [0.15, 0.2) is 4.52 Å². The van der Waals surface area contributed by atoms with Gasteiger partial charge in [0.25, 0.3) is 0 Å². The van der Waals surface area contributed by atoms with E-state index in [0.29, 0.717) is 41.2 Å². The van der Waals surface area contributed by atoms with Gasteiger partial charge in [0.05, 0.1) is 29.8 Å². The molecule has 25 heavy (non-hydrogen) atoms. The van der Waals surface area contributed by atoms with Crippen LogP contribution < -0.4 is 0 Å². The van der Waals surface area contributed by atoms with Crippen molar-refractivity contribution in [2.75, 3.05) is 39.5 Å². The van der Waals surface area contributed by atoms with Gasteiger partial charge in [-0.25, -0.2) is 0 Å². The van der Waals surface area contributed by atoms with Crippen LogP contribution in [0.25, 0.3) is 0 Å². The maximum absolute atomic E-state index is 12.6. The molecule has 0 saturated carbocycles. The Morgan fingerprint density at radius 1 is 1.48 bits per heavy atom. The average molecular weight is 366 g/mol. The van der Waals surface area contributed by atoms with Crippen LogP contribution in [-0.4, -0.2) is 77.0 Å². The van der Waals surface area contributed by atoms with Crippen LogP contribution in [0, 0.1) is 18.8 Å². The molecule has 0 aromatic carbocycles. The van der Waals surface area contributed by atoms with Gasteiger partial charge in [-0.05, 0) is 33.9 Å². The predicted octanol–water partition coefficient (Wildman–Crippen LogP) is 1.18. The van der Waals surface area contributed by atoms with E-state index in [2.05, 4.69) is 29.1 Å². The quantitative estimate of drug-likeness (QED) is 0.748. The van der Waals surface area contributed by atoms with Crippen LogP contribution in [0.4, 0.5) is 0 Å². The minimum absolute atomic E-state index is 0.0741. The second-order valence-electron chi connectivity index (χ2n) is 7.79. The maximum atomic E-state index is 12.6. The summed E-state index contributed by atoms with van der Waals surface area (Å²) in [5, 5.41) is 3.77. The van der Waals surface area contributed by atoms with Crippen LogP contribution in [0.3, 0.4) is 0 Å². The monoisotopic (exact) mass is 366 g/mol. The number of likely N-dealkylation sites (tertiary alicyclic amines) is 1. The van der Waals surface area contributed by atoms with Crippen molar-refractivity contribution >= 4 is 17.7 Å². The first-order valence-corrected chi connectivity index (χ1v) is 10.1. The molecule has 1 spiro atoms. The summed E-state index contributed by atoms with van der Waals surface area (Å²) in [5.41, 5.74) is -0.0741. The number of amides is 1. The highest BCUT2D eigenvalue weighted by Gasteiger charge is 2.63. The fourth-order valence-electron chi connectivity index (χ4n) is 4.76. The zero-order valence-corrected chi connectivity index (χ0v) is 15.9. The number of rotatable bonds is 6. The molecule has 3 aliphatic rings. The summed E-state index contributed by atoms with van der Waals surface area (Å²) in [4.78, 5) is 21.1. The van der Waals surface area contributed by atoms with Gasteiger partial charge in [0.1, 0.15) is 0 Å². The van der Waals surface area contributed by atoms with Crippen molar-refractivity contribution < 1.29 is 14.1 Å². The molecule has 0 radical (unpaired) electrons. The molecule has 1 amide bonds. The van der Waals surface area contributed by atoms with Gasteiger partial charge >= 0.3 is 0 Å². The van der Waals surface area contributed by atoms with Crippen molar-refractivity contribution in [3.05, 3.63) is 11.7 Å². The molecule has 4 rings (SSSR count). The van der Waals surface area contributed by atoms with E-state index >= 15 is 0 Å². The molecule has 0 aliphatic carbocycles. The fraction of sp³-hybridized carbons (Fsp3) is 0.824. The van der Waals surface area contributed by atoms with Crippen LogP contribution in [0.5, 0.6) is 0 Å². The minimum atomic E-state index is -0.0741. The van der Waals surface area contributed by atoms with Crippen LogP contribution >= 0.6 is 11.8 Å². The fourth-order valence-corrected chi connectivity index (χ4v) is 5.51. The molecular weight excluding hydrogens is 340 g/mol. The molecule has 3 saturated heterocycles. The van der Waals surface area contributed by atoms with Gasteiger partial charge in [-0.1, -0.05) is 5.16 Å². The Labute approximate surface area is 152 Å². The maximum Gasteiger partial charge on any atom is 0.236 e. The molecule has 1 aromatic rings. The van der Waals surface area contributed by atoms with E-state index in [1.54, 1.807) is 6.92 Å². The molecule has 1 aromatic heterocycles. The van der Waals surface area contributed by atoms with Crippen LogP contribution in [0.2, 0.25) is 0 Å². The van der Waals surface area contributed by atoms with Crippen molar-refractivity contribution in [3.63, 3.8) is 0 Å². The predicted molar refractivity (Wildman–Crippen MR) is 94.1 cm³/mol. The Hall–Kier alpha value is -1.12. The summed E-state index contributed by atoms with van der Waals surface area (Å²) in [5.74, 6) is 3.48. The van der Waals surface area contributed by atoms with Crippen molar-refractivity contribution in [2.24, 2.45) is 11.8 Å². The first-order valence-electron chi connectivity index (χ1n) is 8.94. The molecule has 8 heteroatoms. The topological polar surface area (TPSA) is 71.7 Å². The van der Waals surface area contributed by atoms with E-state index in [9.17, 15) is 4.79 Å². The lowest BCUT2D eigenvalue weighted by atomic mass is 9.73. The number of ether oxygens (including phenoxy) is 1. The highest BCUT2D eigenvalue weighted by atomic mass is 32.2. The number of hydrogen-bond donors (Lipinski definition) is 0. The van der Waals surface area contributed by atoms with Crippen molar-refractivity contribution in [3.8, 4) is 0 Å². The van der Waals surface area contributed by atoms with E-state index in [0.717, 1.165) is 32.5 Å². The zero-order chi connectivity index (χ0) is 17.6. The minimum Gasteiger partial charge on any atom is -0.369 e. The molecule has 7 nitrogen and oxygen atoms in total. The molecule has 3 aliphatic heterocycles. The number of fused-ring (bicyclic) bond motifs is 1. The summed E-state index contributed by atoms with van der Waals surface area (Å²) >= 11 is 1.53. The Kier molecular flexibility index (Phi) is 4.54. The molecule has 4 heterocycles. The lowest BCUT2D eigenvalue weighted by Gasteiger charge is -2.30. The number of carbonyl (C=O) groups is 1. The number of nitrogens with zero attached hydrogens (tertiary/aromatic N) is 4. The Bertz CT molecular complexity index is 652. The van der Waals surface area contributed by atoms with Crippen molar-refractivity contribution in [1.29, 1.82) is 0 Å². The Morgan fingerprint density at radius 2 is 2.32 bits per heavy atom. The normalized spacial score (nSPS) is 33.4. The van der Waals surface area contributed by atoms with Gasteiger partial charge < -0.3 is 19.1 Å². The summed E-state index contributed by atoms with van der Waals surface area (Å²) in [7, 11) is 4.23. The van der Waals surface area contributed by atoms with E-state index < -0.39 is 0 Å². The summed E-state index contributed by atoms with van der Waals surface area (Å²) in [6.07, 6.45) is 2.63. The van der Waals surface area contributed by atoms with E-state index in [4.69, 9.17) is 9.26 Å². The van der Waals surface area contributed by atoms with Gasteiger partial charge in [0.2, 0.25) is 11.8 Å². The second kappa shape index (κ2) is 6.55. The van der Waals surface area contributed by atoms with Crippen molar-refractivity contribution in [1.82, 2.24) is 19.9 Å². The third kappa shape index (κ3) is 3.19. The van der Waals surface area contributed by atoms with Crippen LogP contribution in [-0.2, 0) is 15.3 Å². The zero-order valence-electron chi connectivity index (χ0n) is 15.1. The van der Waals surface area contributed by atoms with Gasteiger partial charge in [0, 0.05) is 24.9 Å². The lowest BCUT2D eigenvalue weighted by molar-refractivity contribution is -0.128. The van der Waals surface area contributed by atoms with Gasteiger partial charge in [-0.2, -0.15) is 4.98 Å². The van der Waals surface area contributed by atoms with Gasteiger partial charge in [-0.15, -0.1) is 11.8 Å². The second-order valence-corrected chi connectivity index (χ2v) is 8.78. The molecule has 3 fully saturated rings. The number of thioether (sulfide) groups is 1. The standard InChI is InChI=1S/C17H26N4O3S/c1-11-18-15(24-19-11)8-25-9-16(22)21-7-13-12(6-20(2)3)14-4-5-17(13,10-21)23-14/h12-14H,4-10H2,1-3H3/t12-,13+,14+,17+/m1/s1. The first kappa shape index (κ1) is 17.3. The molecule has 4 atom stereocenters. The number of carbonyl (C=O) groups excluding carboxylic acids is 1. The third-order valence-corrected chi connectivity index (χ3v) is 6.64. The highest BCUT2D eigenvalue weighted by molar-refractivity contribution is 7.99. The van der Waals surface area contributed by atoms with E-state index in [1.165, 1.54) is 11.8 Å². The van der Waals surface area contributed by atoms with E-state index in [-0.39, 0.29) is 11.5 Å². The summed E-state index contributed by atoms with van der Waals surface area (Å²) in [6.45, 7) is 4.44. The number of hydrogen-bond acceptors (Lipinski definition) is 7. The largest absolute Gasteiger partial charge is 0.369 e. The Balaban J connectivity index is 1.33. The molecule has 138 valence electrons.